The molecule has 0 spiro atoms. The standard InChI is InChI=1S/C19H32N2O3/c1-18(2,3)21-16(13-14-7-9-15(22)10-8-14)17(23)20-11-12-24-19(4,5)6/h7-10,16,21-22H,11-13H2,1-6H3,(H,20,23). The fourth-order valence-corrected chi connectivity index (χ4v) is 2.25. The number of benzene rings is 1. The third kappa shape index (κ3) is 8.89. The number of phenols is 1. The second-order valence-corrected chi connectivity index (χ2v) is 8.07. The first kappa shape index (κ1) is 20.5. The summed E-state index contributed by atoms with van der Waals surface area (Å²) in [5.74, 6) is 0.179. The number of aromatic hydroxyl groups is 1. The van der Waals surface area contributed by atoms with Gasteiger partial charge in [0.1, 0.15) is 5.75 Å². The van der Waals surface area contributed by atoms with Crippen LogP contribution in [0.4, 0.5) is 0 Å². The Balaban J connectivity index is 2.63. The van der Waals surface area contributed by atoms with Gasteiger partial charge in [0.05, 0.1) is 18.2 Å². The number of amides is 1. The lowest BCUT2D eigenvalue weighted by Crippen LogP contribution is -2.53. The Bertz CT molecular complexity index is 513. The zero-order chi connectivity index (χ0) is 18.4. The van der Waals surface area contributed by atoms with Crippen molar-refractivity contribution >= 4 is 5.91 Å². The van der Waals surface area contributed by atoms with Gasteiger partial charge in [0.15, 0.2) is 0 Å². The number of rotatable bonds is 7. The average Bonchev–Trinajstić information content (AvgIpc) is 2.42. The van der Waals surface area contributed by atoms with Crippen LogP contribution in [0.3, 0.4) is 0 Å². The van der Waals surface area contributed by atoms with E-state index < -0.39 is 0 Å². The molecule has 0 aliphatic carbocycles. The van der Waals surface area contributed by atoms with Crippen molar-refractivity contribution in [3.05, 3.63) is 29.8 Å². The SMILES string of the molecule is CC(C)(C)NC(Cc1ccc(O)cc1)C(=O)NCCOC(C)(C)C. The van der Waals surface area contributed by atoms with Crippen LogP contribution in [0.1, 0.15) is 47.1 Å². The second kappa shape index (κ2) is 8.49. The summed E-state index contributed by atoms with van der Waals surface area (Å²) < 4.78 is 5.63. The summed E-state index contributed by atoms with van der Waals surface area (Å²) in [6, 6.07) is 6.60. The quantitative estimate of drug-likeness (QED) is 0.670. The van der Waals surface area contributed by atoms with E-state index in [0.29, 0.717) is 19.6 Å². The Morgan fingerprint density at radius 3 is 2.21 bits per heavy atom. The number of hydrogen-bond donors (Lipinski definition) is 3. The molecule has 0 saturated carbocycles. The number of hydrogen-bond acceptors (Lipinski definition) is 4. The van der Waals surface area contributed by atoms with E-state index in [2.05, 4.69) is 10.6 Å². The van der Waals surface area contributed by atoms with E-state index in [-0.39, 0.29) is 28.8 Å². The van der Waals surface area contributed by atoms with Crippen LogP contribution in [0, 0.1) is 0 Å². The fourth-order valence-electron chi connectivity index (χ4n) is 2.25. The second-order valence-electron chi connectivity index (χ2n) is 8.07. The van der Waals surface area contributed by atoms with Gasteiger partial charge in [-0.2, -0.15) is 0 Å². The van der Waals surface area contributed by atoms with Gasteiger partial charge in [-0.15, -0.1) is 0 Å². The van der Waals surface area contributed by atoms with Gasteiger partial charge in [0.2, 0.25) is 5.91 Å². The van der Waals surface area contributed by atoms with E-state index in [1.54, 1.807) is 12.1 Å². The van der Waals surface area contributed by atoms with E-state index in [1.165, 1.54) is 0 Å². The van der Waals surface area contributed by atoms with Crippen molar-refractivity contribution in [2.24, 2.45) is 0 Å². The van der Waals surface area contributed by atoms with Gasteiger partial charge in [0, 0.05) is 12.1 Å². The van der Waals surface area contributed by atoms with Crippen molar-refractivity contribution in [2.45, 2.75) is 65.1 Å². The van der Waals surface area contributed by atoms with Crippen molar-refractivity contribution < 1.29 is 14.6 Å². The zero-order valence-electron chi connectivity index (χ0n) is 15.8. The fraction of sp³-hybridized carbons (Fsp3) is 0.632. The maximum atomic E-state index is 12.5. The van der Waals surface area contributed by atoms with Gasteiger partial charge >= 0.3 is 0 Å². The molecule has 1 rings (SSSR count). The van der Waals surface area contributed by atoms with E-state index in [9.17, 15) is 9.90 Å². The van der Waals surface area contributed by atoms with E-state index in [0.717, 1.165) is 5.56 Å². The number of carbonyl (C=O) groups is 1. The maximum Gasteiger partial charge on any atom is 0.237 e. The summed E-state index contributed by atoms with van der Waals surface area (Å²) in [6.07, 6.45) is 0.559. The van der Waals surface area contributed by atoms with Gasteiger partial charge in [-0.1, -0.05) is 12.1 Å². The molecule has 24 heavy (non-hydrogen) atoms. The van der Waals surface area contributed by atoms with Crippen LogP contribution in [0.25, 0.3) is 0 Å². The molecule has 0 fully saturated rings. The molecular weight excluding hydrogens is 304 g/mol. The molecule has 0 heterocycles. The topological polar surface area (TPSA) is 70.6 Å². The van der Waals surface area contributed by atoms with Gasteiger partial charge in [-0.25, -0.2) is 0 Å². The normalized spacial score (nSPS) is 13.6. The molecule has 0 aliphatic heterocycles. The molecule has 1 atom stereocenters. The van der Waals surface area contributed by atoms with E-state index >= 15 is 0 Å². The summed E-state index contributed by atoms with van der Waals surface area (Å²) >= 11 is 0. The van der Waals surface area contributed by atoms with Gasteiger partial charge in [-0.3, -0.25) is 4.79 Å². The predicted octanol–water partition coefficient (Wildman–Crippen LogP) is 2.62. The van der Waals surface area contributed by atoms with Crippen LogP contribution in [0.5, 0.6) is 5.75 Å². The van der Waals surface area contributed by atoms with E-state index in [4.69, 9.17) is 4.74 Å². The molecular formula is C19H32N2O3. The first-order valence-electron chi connectivity index (χ1n) is 8.43. The zero-order valence-corrected chi connectivity index (χ0v) is 15.8. The Labute approximate surface area is 145 Å². The lowest BCUT2D eigenvalue weighted by Gasteiger charge is -2.28. The van der Waals surface area contributed by atoms with Crippen LogP contribution >= 0.6 is 0 Å². The Hall–Kier alpha value is -1.59. The minimum Gasteiger partial charge on any atom is -0.508 e. The van der Waals surface area contributed by atoms with Crippen molar-refractivity contribution in [2.75, 3.05) is 13.2 Å². The lowest BCUT2D eigenvalue weighted by atomic mass is 10.0. The molecule has 1 amide bonds. The first-order chi connectivity index (χ1) is 11.0. The van der Waals surface area contributed by atoms with Gasteiger partial charge in [0.25, 0.3) is 0 Å². The molecule has 5 nitrogen and oxygen atoms in total. The van der Waals surface area contributed by atoms with Crippen molar-refractivity contribution in [1.82, 2.24) is 10.6 Å². The third-order valence-electron chi connectivity index (χ3n) is 3.24. The van der Waals surface area contributed by atoms with Crippen LogP contribution in [-0.4, -0.2) is 41.3 Å². The molecule has 0 radical (unpaired) electrons. The summed E-state index contributed by atoms with van der Waals surface area (Å²) in [4.78, 5) is 12.5. The highest BCUT2D eigenvalue weighted by molar-refractivity contribution is 5.82. The smallest absolute Gasteiger partial charge is 0.237 e. The van der Waals surface area contributed by atoms with Crippen molar-refractivity contribution in [3.63, 3.8) is 0 Å². The largest absolute Gasteiger partial charge is 0.508 e. The number of phenolic OH excluding ortho intramolecular Hbond substituents is 1. The van der Waals surface area contributed by atoms with Crippen LogP contribution in [0.2, 0.25) is 0 Å². The molecule has 136 valence electrons. The Kier molecular flexibility index (Phi) is 7.24. The molecule has 1 unspecified atom stereocenters. The van der Waals surface area contributed by atoms with Crippen LogP contribution in [0.15, 0.2) is 24.3 Å². The highest BCUT2D eigenvalue weighted by Gasteiger charge is 2.24. The highest BCUT2D eigenvalue weighted by atomic mass is 16.5. The van der Waals surface area contributed by atoms with Crippen molar-refractivity contribution in [3.8, 4) is 5.75 Å². The predicted molar refractivity (Wildman–Crippen MR) is 97.2 cm³/mol. The van der Waals surface area contributed by atoms with E-state index in [1.807, 2.05) is 53.7 Å². The monoisotopic (exact) mass is 336 g/mol. The number of ether oxygens (including phenoxy) is 1. The maximum absolute atomic E-state index is 12.5. The summed E-state index contributed by atoms with van der Waals surface area (Å²) in [5.41, 5.74) is 0.608. The minimum absolute atomic E-state index is 0.0458. The number of nitrogens with one attached hydrogen (secondary N) is 2. The molecule has 0 saturated heterocycles. The highest BCUT2D eigenvalue weighted by Crippen LogP contribution is 2.13. The minimum atomic E-state index is -0.343. The number of carbonyl (C=O) groups excluding carboxylic acids is 1. The molecule has 5 heteroatoms. The van der Waals surface area contributed by atoms with Crippen LogP contribution < -0.4 is 10.6 Å². The molecule has 0 aromatic heterocycles. The summed E-state index contributed by atoms with van der Waals surface area (Å²) in [6.45, 7) is 13.0. The molecule has 0 aliphatic rings. The van der Waals surface area contributed by atoms with Crippen LogP contribution in [-0.2, 0) is 16.0 Å². The average molecular weight is 336 g/mol. The molecule has 1 aromatic carbocycles. The lowest BCUT2D eigenvalue weighted by molar-refractivity contribution is -0.124. The molecule has 0 bridgehead atoms. The van der Waals surface area contributed by atoms with Gasteiger partial charge < -0.3 is 20.5 Å². The first-order valence-corrected chi connectivity index (χ1v) is 8.43. The summed E-state index contributed by atoms with van der Waals surface area (Å²) in [5, 5.41) is 15.7. The Morgan fingerprint density at radius 1 is 1.12 bits per heavy atom. The molecule has 1 aromatic rings. The van der Waals surface area contributed by atoms with Gasteiger partial charge in [-0.05, 0) is 65.7 Å². The Morgan fingerprint density at radius 2 is 1.71 bits per heavy atom. The van der Waals surface area contributed by atoms with Crippen molar-refractivity contribution in [1.29, 1.82) is 0 Å². The molecule has 3 N–H and O–H groups in total. The third-order valence-corrected chi connectivity index (χ3v) is 3.24. The summed E-state index contributed by atoms with van der Waals surface area (Å²) in [7, 11) is 0.